The molecule has 1 aliphatic rings. The fraction of sp³-hybridized carbons (Fsp3) is 0.394. The van der Waals surface area contributed by atoms with Gasteiger partial charge in [0, 0.05) is 62.8 Å². The number of nitrogens with zero attached hydrogens (tertiary/aromatic N) is 5. The number of hydrogen-bond donors (Lipinski definition) is 1. The Hall–Kier alpha value is -4.44. The predicted molar refractivity (Wildman–Crippen MR) is 168 cm³/mol. The molecule has 1 aliphatic heterocycles. The second-order valence-corrected chi connectivity index (χ2v) is 12.4. The number of carbonyl (C=O) groups excluding carboxylic acids is 2. The summed E-state index contributed by atoms with van der Waals surface area (Å²) in [5.41, 5.74) is 4.12. The first-order chi connectivity index (χ1) is 20.4. The zero-order valence-electron chi connectivity index (χ0n) is 25.8. The van der Waals surface area contributed by atoms with Crippen molar-refractivity contribution in [1.82, 2.24) is 23.9 Å². The lowest BCUT2D eigenvalue weighted by molar-refractivity contribution is 0.0635. The van der Waals surface area contributed by atoms with Crippen LogP contribution < -0.4 is 10.9 Å². The van der Waals surface area contributed by atoms with E-state index in [0.717, 1.165) is 54.9 Å². The first-order valence-electron chi connectivity index (χ1n) is 14.6. The highest BCUT2D eigenvalue weighted by Crippen LogP contribution is 2.30. The van der Waals surface area contributed by atoms with Gasteiger partial charge in [0.05, 0.1) is 11.4 Å². The van der Waals surface area contributed by atoms with Gasteiger partial charge in [0.2, 0.25) is 0 Å². The number of piperidine rings is 1. The molecule has 4 heterocycles. The van der Waals surface area contributed by atoms with Gasteiger partial charge in [0.1, 0.15) is 11.2 Å². The number of pyridine rings is 2. The minimum Gasteiger partial charge on any atom is -0.444 e. The number of aromatic nitrogens is 3. The van der Waals surface area contributed by atoms with Crippen molar-refractivity contribution in [2.45, 2.75) is 51.7 Å². The molecular formula is C33H40N6O4. The van der Waals surface area contributed by atoms with Crippen LogP contribution in [0.1, 0.15) is 61.1 Å². The number of likely N-dealkylation sites (tertiary alicyclic amines) is 1. The number of hydrogen-bond acceptors (Lipinski definition) is 6. The first kappa shape index (κ1) is 30.0. The smallest absolute Gasteiger partial charge is 0.412 e. The van der Waals surface area contributed by atoms with E-state index in [4.69, 9.17) is 4.74 Å². The second-order valence-electron chi connectivity index (χ2n) is 12.4. The van der Waals surface area contributed by atoms with Crippen LogP contribution in [0.3, 0.4) is 0 Å². The number of carbonyl (C=O) groups is 2. The molecule has 0 saturated carbocycles. The van der Waals surface area contributed by atoms with E-state index in [1.165, 1.54) is 11.6 Å². The quantitative estimate of drug-likeness (QED) is 0.336. The number of amides is 2. The number of rotatable bonds is 6. The minimum absolute atomic E-state index is 0.0195. The molecule has 0 spiro atoms. The number of anilines is 1. The fourth-order valence-electron chi connectivity index (χ4n) is 5.61. The summed E-state index contributed by atoms with van der Waals surface area (Å²) in [6, 6.07) is 15.1. The summed E-state index contributed by atoms with van der Waals surface area (Å²) in [7, 11) is 5.54. The Bertz CT molecular complexity index is 1690. The monoisotopic (exact) mass is 584 g/mol. The summed E-state index contributed by atoms with van der Waals surface area (Å²) in [5.74, 6) is 0.492. The zero-order valence-corrected chi connectivity index (χ0v) is 25.8. The first-order valence-corrected chi connectivity index (χ1v) is 14.6. The van der Waals surface area contributed by atoms with Gasteiger partial charge in [-0.15, -0.1) is 0 Å². The molecule has 5 rings (SSSR count). The van der Waals surface area contributed by atoms with E-state index in [9.17, 15) is 14.4 Å². The Balaban J connectivity index is 1.28. The summed E-state index contributed by atoms with van der Waals surface area (Å²) >= 11 is 0. The SMILES string of the molecule is CN(C)C(=O)c1ccc(C2CCN(Cc3cc4c(-n5ccc(NC(=O)OC(C)(C)C)cc5=O)ccnc4n3C)CC2)cc1. The van der Waals surface area contributed by atoms with Crippen molar-refractivity contribution in [2.24, 2.45) is 7.05 Å². The lowest BCUT2D eigenvalue weighted by Gasteiger charge is -2.32. The van der Waals surface area contributed by atoms with Gasteiger partial charge in [-0.1, -0.05) is 12.1 Å². The molecule has 10 nitrogen and oxygen atoms in total. The summed E-state index contributed by atoms with van der Waals surface area (Å²) < 4.78 is 8.95. The Morgan fingerprint density at radius 1 is 1.05 bits per heavy atom. The van der Waals surface area contributed by atoms with E-state index < -0.39 is 11.7 Å². The molecule has 4 aromatic rings. The minimum atomic E-state index is -0.636. The van der Waals surface area contributed by atoms with E-state index >= 15 is 0 Å². The van der Waals surface area contributed by atoms with Crippen LogP contribution in [0.25, 0.3) is 16.7 Å². The van der Waals surface area contributed by atoms with Gasteiger partial charge >= 0.3 is 6.09 Å². The lowest BCUT2D eigenvalue weighted by atomic mass is 9.89. The topological polar surface area (TPSA) is 102 Å². The summed E-state index contributed by atoms with van der Waals surface area (Å²) in [4.78, 5) is 46.1. The second kappa shape index (κ2) is 12.0. The highest BCUT2D eigenvalue weighted by molar-refractivity contribution is 5.93. The van der Waals surface area contributed by atoms with Crippen LogP contribution in [-0.2, 0) is 18.3 Å². The van der Waals surface area contributed by atoms with Crippen molar-refractivity contribution in [3.05, 3.63) is 88.1 Å². The van der Waals surface area contributed by atoms with Crippen molar-refractivity contribution in [1.29, 1.82) is 0 Å². The maximum absolute atomic E-state index is 13.1. The molecule has 0 bridgehead atoms. The Kier molecular flexibility index (Phi) is 8.41. The third kappa shape index (κ3) is 6.80. The van der Waals surface area contributed by atoms with Gasteiger partial charge in [-0.05, 0) is 88.5 Å². The van der Waals surface area contributed by atoms with E-state index in [2.05, 4.69) is 38.0 Å². The van der Waals surface area contributed by atoms with Crippen LogP contribution in [0.15, 0.2) is 65.7 Å². The van der Waals surface area contributed by atoms with E-state index in [1.807, 2.05) is 25.2 Å². The maximum Gasteiger partial charge on any atom is 0.412 e. The normalized spacial score (nSPS) is 14.6. The van der Waals surface area contributed by atoms with Gasteiger partial charge in [0.15, 0.2) is 0 Å². The van der Waals surface area contributed by atoms with E-state index in [0.29, 0.717) is 17.2 Å². The fourth-order valence-corrected chi connectivity index (χ4v) is 5.61. The zero-order chi connectivity index (χ0) is 30.9. The third-order valence-corrected chi connectivity index (χ3v) is 7.84. The summed E-state index contributed by atoms with van der Waals surface area (Å²) in [6.45, 7) is 8.07. The summed E-state index contributed by atoms with van der Waals surface area (Å²) in [6.07, 6.45) is 4.86. The van der Waals surface area contributed by atoms with E-state index in [1.54, 1.807) is 62.8 Å². The van der Waals surface area contributed by atoms with Gasteiger partial charge in [-0.2, -0.15) is 0 Å². The number of nitrogens with one attached hydrogen (secondary N) is 1. The molecular weight excluding hydrogens is 544 g/mol. The van der Waals surface area contributed by atoms with E-state index in [-0.39, 0.29) is 11.5 Å². The van der Waals surface area contributed by atoms with Crippen LogP contribution in [0.2, 0.25) is 0 Å². The molecule has 10 heteroatoms. The van der Waals surface area contributed by atoms with Crippen molar-refractivity contribution in [3.63, 3.8) is 0 Å². The highest BCUT2D eigenvalue weighted by Gasteiger charge is 2.23. The largest absolute Gasteiger partial charge is 0.444 e. The molecule has 1 saturated heterocycles. The highest BCUT2D eigenvalue weighted by atomic mass is 16.6. The standard InChI is InChI=1S/C33H40N6O4/c1-33(2,3)43-32(42)35-25-14-18-39(29(40)19-25)28-11-15-34-30-27(28)20-26(37(30)6)21-38-16-12-23(13-17-38)22-7-9-24(10-8-22)31(41)36(4)5/h7-11,14-15,18-20,23H,12-13,16-17,21H2,1-6H3,(H,35,42). The summed E-state index contributed by atoms with van der Waals surface area (Å²) in [5, 5.41) is 3.51. The Morgan fingerprint density at radius 3 is 2.37 bits per heavy atom. The molecule has 0 aliphatic carbocycles. The number of aryl methyl sites for hydroxylation is 1. The molecule has 3 aromatic heterocycles. The molecule has 2 amide bonds. The van der Waals surface area contributed by atoms with Crippen LogP contribution in [-0.4, -0.2) is 68.7 Å². The van der Waals surface area contributed by atoms with Crippen LogP contribution in [0.5, 0.6) is 0 Å². The van der Waals surface area contributed by atoms with Gasteiger partial charge in [0.25, 0.3) is 11.5 Å². The average Bonchev–Trinajstić information content (AvgIpc) is 3.27. The predicted octanol–water partition coefficient (Wildman–Crippen LogP) is 5.15. The maximum atomic E-state index is 13.1. The molecule has 0 unspecified atom stereocenters. The number of ether oxygens (including phenoxy) is 1. The molecule has 0 radical (unpaired) electrons. The molecule has 1 aromatic carbocycles. The molecule has 226 valence electrons. The number of fused-ring (bicyclic) bond motifs is 1. The average molecular weight is 585 g/mol. The van der Waals surface area contributed by atoms with Gasteiger partial charge in [-0.3, -0.25) is 24.4 Å². The van der Waals surface area contributed by atoms with Crippen molar-refractivity contribution >= 4 is 28.7 Å². The van der Waals surface area contributed by atoms with Crippen molar-refractivity contribution in [3.8, 4) is 5.69 Å². The molecule has 43 heavy (non-hydrogen) atoms. The number of benzene rings is 1. The van der Waals surface area contributed by atoms with Gasteiger partial charge < -0.3 is 14.2 Å². The molecule has 1 N–H and O–H groups in total. The van der Waals surface area contributed by atoms with Crippen molar-refractivity contribution < 1.29 is 14.3 Å². The molecule has 0 atom stereocenters. The Morgan fingerprint density at radius 2 is 1.74 bits per heavy atom. The lowest BCUT2D eigenvalue weighted by Crippen LogP contribution is -2.33. The van der Waals surface area contributed by atoms with Crippen LogP contribution in [0.4, 0.5) is 10.5 Å². The third-order valence-electron chi connectivity index (χ3n) is 7.84. The Labute approximate surface area is 251 Å². The van der Waals surface area contributed by atoms with Crippen LogP contribution >= 0.6 is 0 Å². The molecule has 1 fully saturated rings. The van der Waals surface area contributed by atoms with Crippen LogP contribution in [0, 0.1) is 0 Å². The van der Waals surface area contributed by atoms with Gasteiger partial charge in [-0.25, -0.2) is 9.78 Å². The van der Waals surface area contributed by atoms with Crippen molar-refractivity contribution in [2.75, 3.05) is 32.5 Å².